The van der Waals surface area contributed by atoms with Crippen LogP contribution < -0.4 is 0 Å². The van der Waals surface area contributed by atoms with E-state index < -0.39 is 0 Å². The quantitative estimate of drug-likeness (QED) is 0.690. The summed E-state index contributed by atoms with van der Waals surface area (Å²) in [7, 11) is 3.49. The Labute approximate surface area is 91.2 Å². The maximum atomic E-state index is 11.3. The normalized spacial score (nSPS) is 10.6. The highest BCUT2D eigenvalue weighted by Gasteiger charge is 1.96. The summed E-state index contributed by atoms with van der Waals surface area (Å²) in [5, 5.41) is 0. The van der Waals surface area contributed by atoms with Gasteiger partial charge in [-0.05, 0) is 23.6 Å². The molecule has 2 nitrogen and oxygen atoms in total. The first-order valence-corrected chi connectivity index (χ1v) is 5.11. The molecular weight excluding hydrogens is 186 g/mol. The Morgan fingerprint density at radius 2 is 1.87 bits per heavy atom. The molecule has 80 valence electrons. The molecule has 1 amide bonds. The minimum atomic E-state index is 0.00886. The molecule has 0 spiro atoms. The molecule has 0 saturated heterocycles. The molecule has 1 aromatic carbocycles. The van der Waals surface area contributed by atoms with E-state index in [0.717, 1.165) is 12.0 Å². The summed E-state index contributed by atoms with van der Waals surface area (Å²) < 4.78 is 0. The standard InChI is InChI=1S/C13H17NO/c1-4-11-5-7-12(8-6-11)9-10-13(15)14(2)3/h5-10H,4H2,1-3H3. The van der Waals surface area contributed by atoms with Crippen LogP contribution in [0.15, 0.2) is 30.3 Å². The lowest BCUT2D eigenvalue weighted by molar-refractivity contribution is -0.123. The van der Waals surface area contributed by atoms with E-state index in [-0.39, 0.29) is 5.91 Å². The van der Waals surface area contributed by atoms with E-state index in [1.54, 1.807) is 25.1 Å². The third-order valence-corrected chi connectivity index (χ3v) is 2.25. The van der Waals surface area contributed by atoms with Crippen molar-refractivity contribution in [3.05, 3.63) is 41.5 Å². The van der Waals surface area contributed by atoms with Crippen molar-refractivity contribution in [2.24, 2.45) is 0 Å². The van der Waals surface area contributed by atoms with Gasteiger partial charge in [0.25, 0.3) is 0 Å². The number of aryl methyl sites for hydroxylation is 1. The van der Waals surface area contributed by atoms with Gasteiger partial charge in [0.15, 0.2) is 0 Å². The van der Waals surface area contributed by atoms with Gasteiger partial charge in [-0.3, -0.25) is 4.79 Å². The van der Waals surface area contributed by atoms with E-state index in [1.807, 2.05) is 18.2 Å². The second kappa shape index (κ2) is 5.35. The first kappa shape index (κ1) is 11.5. The lowest BCUT2D eigenvalue weighted by Gasteiger charge is -2.05. The molecule has 0 aliphatic heterocycles. The Morgan fingerprint density at radius 3 is 2.33 bits per heavy atom. The van der Waals surface area contributed by atoms with Gasteiger partial charge in [0.1, 0.15) is 0 Å². The number of likely N-dealkylation sites (N-methyl/N-ethyl adjacent to an activating group) is 1. The monoisotopic (exact) mass is 203 g/mol. The zero-order valence-corrected chi connectivity index (χ0v) is 9.53. The maximum absolute atomic E-state index is 11.3. The maximum Gasteiger partial charge on any atom is 0.246 e. The molecule has 2 heteroatoms. The average Bonchev–Trinajstić information content (AvgIpc) is 2.26. The van der Waals surface area contributed by atoms with Crippen LogP contribution in [0.3, 0.4) is 0 Å². The molecule has 0 aliphatic carbocycles. The largest absolute Gasteiger partial charge is 0.345 e. The Hall–Kier alpha value is -1.57. The molecule has 0 radical (unpaired) electrons. The topological polar surface area (TPSA) is 20.3 Å². The fourth-order valence-corrected chi connectivity index (χ4v) is 1.18. The van der Waals surface area contributed by atoms with Gasteiger partial charge in [-0.1, -0.05) is 31.2 Å². The summed E-state index contributed by atoms with van der Waals surface area (Å²) in [5.74, 6) is 0.00886. The van der Waals surface area contributed by atoms with Crippen LogP contribution in [0.2, 0.25) is 0 Å². The number of rotatable bonds is 3. The van der Waals surface area contributed by atoms with Crippen LogP contribution in [0.1, 0.15) is 18.1 Å². The summed E-state index contributed by atoms with van der Waals surface area (Å²) in [4.78, 5) is 12.8. The number of nitrogens with zero attached hydrogens (tertiary/aromatic N) is 1. The highest BCUT2D eigenvalue weighted by Crippen LogP contribution is 2.06. The molecule has 0 bridgehead atoms. The molecule has 0 heterocycles. The summed E-state index contributed by atoms with van der Waals surface area (Å²) >= 11 is 0. The van der Waals surface area contributed by atoms with E-state index in [1.165, 1.54) is 5.56 Å². The molecule has 0 fully saturated rings. The van der Waals surface area contributed by atoms with Crippen molar-refractivity contribution in [2.75, 3.05) is 14.1 Å². The first-order valence-electron chi connectivity index (χ1n) is 5.11. The fourth-order valence-electron chi connectivity index (χ4n) is 1.18. The predicted octanol–water partition coefficient (Wildman–Crippen LogP) is 2.35. The van der Waals surface area contributed by atoms with Crippen LogP contribution in [-0.4, -0.2) is 24.9 Å². The van der Waals surface area contributed by atoms with E-state index >= 15 is 0 Å². The molecule has 1 rings (SSSR count). The highest BCUT2D eigenvalue weighted by molar-refractivity contribution is 5.91. The van der Waals surface area contributed by atoms with Crippen molar-refractivity contribution in [2.45, 2.75) is 13.3 Å². The van der Waals surface area contributed by atoms with Gasteiger partial charge < -0.3 is 4.90 Å². The van der Waals surface area contributed by atoms with Crippen LogP contribution >= 0.6 is 0 Å². The van der Waals surface area contributed by atoms with Gasteiger partial charge in [0.05, 0.1) is 0 Å². The van der Waals surface area contributed by atoms with E-state index in [2.05, 4.69) is 19.1 Å². The predicted molar refractivity (Wildman–Crippen MR) is 63.5 cm³/mol. The minimum absolute atomic E-state index is 0.00886. The molecule has 0 atom stereocenters. The van der Waals surface area contributed by atoms with E-state index in [0.29, 0.717) is 0 Å². The SMILES string of the molecule is CCc1ccc(C=CC(=O)N(C)C)cc1. The summed E-state index contributed by atoms with van der Waals surface area (Å²) in [6.45, 7) is 2.13. The third kappa shape index (κ3) is 3.58. The number of carbonyl (C=O) groups is 1. The van der Waals surface area contributed by atoms with Crippen LogP contribution in [0.5, 0.6) is 0 Å². The van der Waals surface area contributed by atoms with Crippen LogP contribution in [0.25, 0.3) is 6.08 Å². The fraction of sp³-hybridized carbons (Fsp3) is 0.308. The molecule has 1 aromatic rings. The van der Waals surface area contributed by atoms with Gasteiger partial charge in [0.2, 0.25) is 5.91 Å². The second-order valence-electron chi connectivity index (χ2n) is 3.66. The van der Waals surface area contributed by atoms with Crippen molar-refractivity contribution < 1.29 is 4.79 Å². The van der Waals surface area contributed by atoms with Gasteiger partial charge in [0, 0.05) is 20.2 Å². The van der Waals surface area contributed by atoms with Crippen molar-refractivity contribution in [1.29, 1.82) is 0 Å². The molecule has 0 aromatic heterocycles. The summed E-state index contributed by atoms with van der Waals surface area (Å²) in [5.41, 5.74) is 2.37. The third-order valence-electron chi connectivity index (χ3n) is 2.25. The van der Waals surface area contributed by atoms with Gasteiger partial charge in [-0.15, -0.1) is 0 Å². The molecule has 0 aliphatic rings. The number of hydrogen-bond acceptors (Lipinski definition) is 1. The van der Waals surface area contributed by atoms with Crippen molar-refractivity contribution >= 4 is 12.0 Å². The van der Waals surface area contributed by atoms with Gasteiger partial charge in [-0.25, -0.2) is 0 Å². The zero-order chi connectivity index (χ0) is 11.3. The summed E-state index contributed by atoms with van der Waals surface area (Å²) in [6.07, 6.45) is 4.46. The molecule has 0 N–H and O–H groups in total. The first-order chi connectivity index (χ1) is 7.13. The Balaban J connectivity index is 2.69. The molecular formula is C13H17NO. The van der Waals surface area contributed by atoms with Crippen LogP contribution in [-0.2, 0) is 11.2 Å². The number of hydrogen-bond donors (Lipinski definition) is 0. The lowest BCUT2D eigenvalue weighted by Crippen LogP contribution is -2.18. The van der Waals surface area contributed by atoms with E-state index in [4.69, 9.17) is 0 Å². The number of amides is 1. The average molecular weight is 203 g/mol. The van der Waals surface area contributed by atoms with Gasteiger partial charge in [-0.2, -0.15) is 0 Å². The Bertz CT molecular complexity index is 349. The number of carbonyl (C=O) groups excluding carboxylic acids is 1. The Morgan fingerprint density at radius 1 is 1.27 bits per heavy atom. The Kier molecular flexibility index (Phi) is 4.10. The van der Waals surface area contributed by atoms with Crippen molar-refractivity contribution in [1.82, 2.24) is 4.90 Å². The van der Waals surface area contributed by atoms with Crippen molar-refractivity contribution in [3.63, 3.8) is 0 Å². The van der Waals surface area contributed by atoms with Crippen LogP contribution in [0.4, 0.5) is 0 Å². The minimum Gasteiger partial charge on any atom is -0.345 e. The molecule has 15 heavy (non-hydrogen) atoms. The van der Waals surface area contributed by atoms with Gasteiger partial charge >= 0.3 is 0 Å². The lowest BCUT2D eigenvalue weighted by atomic mass is 10.1. The number of benzene rings is 1. The van der Waals surface area contributed by atoms with Crippen LogP contribution in [0, 0.1) is 0 Å². The van der Waals surface area contributed by atoms with E-state index in [9.17, 15) is 4.79 Å². The molecule has 0 unspecified atom stereocenters. The zero-order valence-electron chi connectivity index (χ0n) is 9.53. The van der Waals surface area contributed by atoms with Crippen molar-refractivity contribution in [3.8, 4) is 0 Å². The molecule has 0 saturated carbocycles. The smallest absolute Gasteiger partial charge is 0.246 e. The summed E-state index contributed by atoms with van der Waals surface area (Å²) in [6, 6.07) is 8.22. The highest BCUT2D eigenvalue weighted by atomic mass is 16.2. The second-order valence-corrected chi connectivity index (χ2v) is 3.66.